The number of hydrogen-bond acceptors (Lipinski definition) is 5. The number of fused-ring (bicyclic) bond motifs is 1. The summed E-state index contributed by atoms with van der Waals surface area (Å²) in [5.74, 6) is -0.575. The van der Waals surface area contributed by atoms with Gasteiger partial charge >= 0.3 is 5.97 Å². The molecule has 20 heavy (non-hydrogen) atoms. The number of thioether (sulfide) groups is 1. The molecule has 0 radical (unpaired) electrons. The summed E-state index contributed by atoms with van der Waals surface area (Å²) in [4.78, 5) is 16.4. The van der Waals surface area contributed by atoms with Gasteiger partial charge in [-0.3, -0.25) is 0 Å². The van der Waals surface area contributed by atoms with Crippen LogP contribution in [0.25, 0.3) is 0 Å². The monoisotopic (exact) mass is 288 g/mol. The third-order valence-corrected chi connectivity index (χ3v) is 3.84. The van der Waals surface area contributed by atoms with E-state index < -0.39 is 5.97 Å². The zero-order valence-corrected chi connectivity index (χ0v) is 11.5. The summed E-state index contributed by atoms with van der Waals surface area (Å²) in [5.41, 5.74) is 1.08. The van der Waals surface area contributed by atoms with E-state index in [0.29, 0.717) is 5.95 Å². The first kappa shape index (κ1) is 12.7. The fourth-order valence-electron chi connectivity index (χ4n) is 2.10. The Hall–Kier alpha value is -2.28. The number of carbonyl (C=O) groups is 1. The Morgan fingerprint density at radius 1 is 1.40 bits per heavy atom. The van der Waals surface area contributed by atoms with Gasteiger partial charge in [-0.15, -0.1) is 11.8 Å². The first-order valence-electron chi connectivity index (χ1n) is 5.94. The van der Waals surface area contributed by atoms with Crippen molar-refractivity contribution in [3.05, 3.63) is 47.9 Å². The fourth-order valence-corrected chi connectivity index (χ4v) is 2.51. The second-order valence-electron chi connectivity index (χ2n) is 4.26. The van der Waals surface area contributed by atoms with Gasteiger partial charge in [-0.2, -0.15) is 10.1 Å². The fraction of sp³-hybridized carbons (Fsp3) is 0.154. The minimum Gasteiger partial charge on any atom is -0.477 e. The molecule has 1 aliphatic rings. The third kappa shape index (κ3) is 2.16. The van der Waals surface area contributed by atoms with Gasteiger partial charge in [0.05, 0.1) is 0 Å². The number of allylic oxidation sites excluding steroid dienone is 1. The molecule has 0 bridgehead atoms. The number of nitrogens with zero attached hydrogens (tertiary/aromatic N) is 3. The third-order valence-electron chi connectivity index (χ3n) is 3.10. The SMILES string of the molecule is CSc1ccc([C@H]2C=C(C(=O)O)Nc3ncnn32)cc1. The van der Waals surface area contributed by atoms with E-state index in [9.17, 15) is 4.79 Å². The van der Waals surface area contributed by atoms with Gasteiger partial charge in [0.1, 0.15) is 18.1 Å². The zero-order chi connectivity index (χ0) is 14.1. The number of aliphatic carboxylic acids is 1. The van der Waals surface area contributed by atoms with Crippen LogP contribution in [-0.4, -0.2) is 32.1 Å². The van der Waals surface area contributed by atoms with Crippen molar-refractivity contribution < 1.29 is 9.90 Å². The summed E-state index contributed by atoms with van der Waals surface area (Å²) < 4.78 is 1.67. The summed E-state index contributed by atoms with van der Waals surface area (Å²) in [6.07, 6.45) is 5.06. The van der Waals surface area contributed by atoms with Gasteiger partial charge in [-0.1, -0.05) is 12.1 Å². The zero-order valence-electron chi connectivity index (χ0n) is 10.6. The standard InChI is InChI=1S/C13H12N4O2S/c1-20-9-4-2-8(3-5-9)11-6-10(12(18)19)16-13-14-7-15-17(11)13/h2-7,11H,1H3,(H,18,19)(H,14,15,16)/t11-/m1/s1. The smallest absolute Gasteiger partial charge is 0.352 e. The van der Waals surface area contributed by atoms with Gasteiger partial charge in [0.2, 0.25) is 5.95 Å². The first-order chi connectivity index (χ1) is 9.69. The molecule has 6 nitrogen and oxygen atoms in total. The molecule has 102 valence electrons. The molecule has 0 unspecified atom stereocenters. The quantitative estimate of drug-likeness (QED) is 0.841. The highest BCUT2D eigenvalue weighted by Crippen LogP contribution is 2.29. The summed E-state index contributed by atoms with van der Waals surface area (Å²) in [5, 5.41) is 16.1. The van der Waals surface area contributed by atoms with Gasteiger partial charge in [0, 0.05) is 4.90 Å². The van der Waals surface area contributed by atoms with E-state index in [-0.39, 0.29) is 11.7 Å². The van der Waals surface area contributed by atoms with Crippen LogP contribution in [0, 0.1) is 0 Å². The molecule has 2 aromatic rings. The van der Waals surface area contributed by atoms with E-state index in [1.54, 1.807) is 22.5 Å². The normalized spacial score (nSPS) is 17.1. The van der Waals surface area contributed by atoms with E-state index in [1.165, 1.54) is 6.33 Å². The Kier molecular flexibility index (Phi) is 3.19. The largest absolute Gasteiger partial charge is 0.477 e. The number of benzene rings is 1. The van der Waals surface area contributed by atoms with Crippen LogP contribution in [0.15, 0.2) is 47.3 Å². The molecule has 1 atom stereocenters. The molecule has 0 spiro atoms. The minimum atomic E-state index is -1.01. The average Bonchev–Trinajstić information content (AvgIpc) is 2.94. The van der Waals surface area contributed by atoms with Gasteiger partial charge in [-0.25, -0.2) is 9.48 Å². The first-order valence-corrected chi connectivity index (χ1v) is 7.17. The van der Waals surface area contributed by atoms with E-state index >= 15 is 0 Å². The number of aromatic nitrogens is 3. The molecule has 0 amide bonds. The second-order valence-corrected chi connectivity index (χ2v) is 5.14. The molecule has 2 heterocycles. The van der Waals surface area contributed by atoms with Crippen molar-refractivity contribution in [1.82, 2.24) is 14.8 Å². The van der Waals surface area contributed by atoms with Crippen molar-refractivity contribution in [3.8, 4) is 0 Å². The van der Waals surface area contributed by atoms with Crippen LogP contribution >= 0.6 is 11.8 Å². The minimum absolute atomic E-state index is 0.115. The molecule has 0 aliphatic carbocycles. The number of nitrogens with one attached hydrogen (secondary N) is 1. The molecule has 0 fully saturated rings. The summed E-state index contributed by atoms with van der Waals surface area (Å²) in [6, 6.07) is 7.70. The lowest BCUT2D eigenvalue weighted by Gasteiger charge is -2.22. The van der Waals surface area contributed by atoms with E-state index in [1.807, 2.05) is 30.5 Å². The Labute approximate surface area is 119 Å². The lowest BCUT2D eigenvalue weighted by atomic mass is 10.0. The van der Waals surface area contributed by atoms with Crippen molar-refractivity contribution in [2.75, 3.05) is 11.6 Å². The summed E-state index contributed by atoms with van der Waals surface area (Å²) in [7, 11) is 0. The molecular weight excluding hydrogens is 276 g/mol. The number of anilines is 1. The van der Waals surface area contributed by atoms with Crippen LogP contribution in [-0.2, 0) is 4.79 Å². The number of carboxylic acids is 1. The highest BCUT2D eigenvalue weighted by molar-refractivity contribution is 7.98. The van der Waals surface area contributed by atoms with Crippen LogP contribution in [0.3, 0.4) is 0 Å². The van der Waals surface area contributed by atoms with Gasteiger partial charge in [0.25, 0.3) is 0 Å². The lowest BCUT2D eigenvalue weighted by molar-refractivity contribution is -0.132. The molecule has 0 saturated heterocycles. The van der Waals surface area contributed by atoms with Gasteiger partial charge in [-0.05, 0) is 30.0 Å². The number of hydrogen-bond donors (Lipinski definition) is 2. The maximum Gasteiger partial charge on any atom is 0.352 e. The van der Waals surface area contributed by atoms with Crippen LogP contribution < -0.4 is 5.32 Å². The van der Waals surface area contributed by atoms with Crippen molar-refractivity contribution in [2.45, 2.75) is 10.9 Å². The molecule has 1 aliphatic heterocycles. The lowest BCUT2D eigenvalue weighted by Crippen LogP contribution is -2.24. The predicted octanol–water partition coefficient (Wildman–Crippen LogP) is 1.98. The Morgan fingerprint density at radius 3 is 2.80 bits per heavy atom. The molecule has 3 rings (SSSR count). The van der Waals surface area contributed by atoms with Crippen LogP contribution in [0.1, 0.15) is 11.6 Å². The molecule has 0 saturated carbocycles. The Morgan fingerprint density at radius 2 is 2.15 bits per heavy atom. The van der Waals surface area contributed by atoms with Gasteiger partial charge in [0.15, 0.2) is 0 Å². The topological polar surface area (TPSA) is 80.0 Å². The molecule has 1 aromatic heterocycles. The van der Waals surface area contributed by atoms with Crippen LogP contribution in [0.4, 0.5) is 5.95 Å². The second kappa shape index (κ2) is 5.01. The van der Waals surface area contributed by atoms with E-state index in [2.05, 4.69) is 15.4 Å². The molecule has 7 heteroatoms. The average molecular weight is 288 g/mol. The number of carboxylic acid groups (broad SMARTS) is 1. The van der Waals surface area contributed by atoms with Crippen molar-refractivity contribution >= 4 is 23.7 Å². The highest BCUT2D eigenvalue weighted by atomic mass is 32.2. The maximum atomic E-state index is 11.2. The summed E-state index contributed by atoms with van der Waals surface area (Å²) in [6.45, 7) is 0. The van der Waals surface area contributed by atoms with Crippen LogP contribution in [0.5, 0.6) is 0 Å². The Balaban J connectivity index is 2.04. The summed E-state index contributed by atoms with van der Waals surface area (Å²) >= 11 is 1.66. The molecular formula is C13H12N4O2S. The van der Waals surface area contributed by atoms with Crippen molar-refractivity contribution in [1.29, 1.82) is 0 Å². The maximum absolute atomic E-state index is 11.2. The number of rotatable bonds is 3. The van der Waals surface area contributed by atoms with Crippen molar-refractivity contribution in [2.24, 2.45) is 0 Å². The molecule has 1 aromatic carbocycles. The highest BCUT2D eigenvalue weighted by Gasteiger charge is 2.25. The van der Waals surface area contributed by atoms with E-state index in [4.69, 9.17) is 5.11 Å². The van der Waals surface area contributed by atoms with Gasteiger partial charge < -0.3 is 10.4 Å². The van der Waals surface area contributed by atoms with Crippen LogP contribution in [0.2, 0.25) is 0 Å². The molecule has 2 N–H and O–H groups in total. The van der Waals surface area contributed by atoms with Crippen molar-refractivity contribution in [3.63, 3.8) is 0 Å². The predicted molar refractivity (Wildman–Crippen MR) is 75.7 cm³/mol. The Bertz CT molecular complexity index is 678. The van der Waals surface area contributed by atoms with E-state index in [0.717, 1.165) is 10.5 Å².